The van der Waals surface area contributed by atoms with E-state index in [0.29, 0.717) is 25.6 Å². The molecule has 0 aromatic carbocycles. The number of nitrogens with one attached hydrogen (secondary N) is 1. The van der Waals surface area contributed by atoms with Gasteiger partial charge in [0.05, 0.1) is 0 Å². The van der Waals surface area contributed by atoms with E-state index in [1.165, 1.54) is 0 Å². The van der Waals surface area contributed by atoms with E-state index in [1.54, 1.807) is 8.61 Å². The molecule has 0 bridgehead atoms. The lowest BCUT2D eigenvalue weighted by atomic mass is 9.98. The molecular formula is C14H29N3O2S2. The fraction of sp³-hybridized carbons (Fsp3) is 1.00. The lowest BCUT2D eigenvalue weighted by molar-refractivity contribution is 0.242. The molecule has 2 aliphatic heterocycles. The fourth-order valence-corrected chi connectivity index (χ4v) is 6.07. The van der Waals surface area contributed by atoms with Crippen molar-refractivity contribution in [3.8, 4) is 0 Å². The first-order chi connectivity index (χ1) is 10.1. The highest BCUT2D eigenvalue weighted by Crippen LogP contribution is 2.25. The van der Waals surface area contributed by atoms with Crippen LogP contribution in [0.1, 0.15) is 33.1 Å². The molecule has 0 amide bonds. The molecule has 2 heterocycles. The van der Waals surface area contributed by atoms with Crippen molar-refractivity contribution in [2.45, 2.75) is 39.2 Å². The molecule has 0 spiro atoms. The number of thioether (sulfide) groups is 1. The van der Waals surface area contributed by atoms with Crippen molar-refractivity contribution in [2.24, 2.45) is 5.92 Å². The summed E-state index contributed by atoms with van der Waals surface area (Å²) in [4.78, 5) is 0. The molecule has 124 valence electrons. The fourth-order valence-electron chi connectivity index (χ4n) is 3.03. The first-order valence-corrected chi connectivity index (χ1v) is 10.7. The maximum Gasteiger partial charge on any atom is 0.282 e. The van der Waals surface area contributed by atoms with Crippen LogP contribution in [0.5, 0.6) is 0 Å². The molecule has 0 aromatic heterocycles. The van der Waals surface area contributed by atoms with Gasteiger partial charge in [-0.25, -0.2) is 0 Å². The monoisotopic (exact) mass is 335 g/mol. The standard InChI is InChI=1S/C14H29N3O2S2/c1-3-6-15-11-14-4-7-16(8-5-14)21(18,19)17-9-10-20-12-13(17)2/h13-15H,3-12H2,1-2H3. The van der Waals surface area contributed by atoms with Crippen LogP contribution in [-0.2, 0) is 10.2 Å². The molecule has 1 unspecified atom stereocenters. The van der Waals surface area contributed by atoms with Gasteiger partial charge in [-0.15, -0.1) is 0 Å². The second kappa shape index (κ2) is 8.15. The van der Waals surface area contributed by atoms with Gasteiger partial charge in [0, 0.05) is 37.2 Å². The molecular weight excluding hydrogens is 306 g/mol. The van der Waals surface area contributed by atoms with E-state index in [1.807, 2.05) is 18.7 Å². The van der Waals surface area contributed by atoms with Crippen LogP contribution in [0.15, 0.2) is 0 Å². The minimum Gasteiger partial charge on any atom is -0.316 e. The average molecular weight is 336 g/mol. The molecule has 0 saturated carbocycles. The van der Waals surface area contributed by atoms with Crippen LogP contribution in [0.2, 0.25) is 0 Å². The summed E-state index contributed by atoms with van der Waals surface area (Å²) < 4.78 is 28.9. The summed E-state index contributed by atoms with van der Waals surface area (Å²) in [5.74, 6) is 2.45. The predicted octanol–water partition coefficient (Wildman–Crippen LogP) is 1.38. The van der Waals surface area contributed by atoms with E-state index in [4.69, 9.17) is 0 Å². The summed E-state index contributed by atoms with van der Waals surface area (Å²) in [6, 6.07) is 0.123. The van der Waals surface area contributed by atoms with Crippen LogP contribution in [-0.4, -0.2) is 67.3 Å². The van der Waals surface area contributed by atoms with Crippen molar-refractivity contribution >= 4 is 22.0 Å². The van der Waals surface area contributed by atoms with E-state index in [9.17, 15) is 8.42 Å². The first-order valence-electron chi connectivity index (χ1n) is 8.11. The predicted molar refractivity (Wildman–Crippen MR) is 89.9 cm³/mol. The van der Waals surface area contributed by atoms with Crippen molar-refractivity contribution < 1.29 is 8.42 Å². The van der Waals surface area contributed by atoms with Gasteiger partial charge in [-0.2, -0.15) is 28.8 Å². The SMILES string of the molecule is CCCNCC1CCN(S(=O)(=O)N2CCSCC2C)CC1. The maximum atomic E-state index is 12.7. The number of hydrogen-bond acceptors (Lipinski definition) is 4. The zero-order valence-electron chi connectivity index (χ0n) is 13.3. The second-order valence-electron chi connectivity index (χ2n) is 6.09. The van der Waals surface area contributed by atoms with Crippen LogP contribution in [0.3, 0.4) is 0 Å². The Morgan fingerprint density at radius 3 is 2.57 bits per heavy atom. The highest BCUT2D eigenvalue weighted by atomic mass is 32.2. The molecule has 21 heavy (non-hydrogen) atoms. The lowest BCUT2D eigenvalue weighted by Crippen LogP contribution is -2.53. The van der Waals surface area contributed by atoms with Crippen molar-refractivity contribution in [1.82, 2.24) is 13.9 Å². The zero-order chi connectivity index (χ0) is 15.3. The Hall–Kier alpha value is 0.180. The van der Waals surface area contributed by atoms with Gasteiger partial charge >= 0.3 is 0 Å². The van der Waals surface area contributed by atoms with E-state index in [-0.39, 0.29) is 6.04 Å². The maximum absolute atomic E-state index is 12.7. The smallest absolute Gasteiger partial charge is 0.282 e. The number of piperidine rings is 1. The number of nitrogens with zero attached hydrogens (tertiary/aromatic N) is 2. The summed E-state index contributed by atoms with van der Waals surface area (Å²) in [6.45, 7) is 8.28. The topological polar surface area (TPSA) is 52.7 Å². The lowest BCUT2D eigenvalue weighted by Gasteiger charge is -2.38. The quantitative estimate of drug-likeness (QED) is 0.745. The van der Waals surface area contributed by atoms with Crippen molar-refractivity contribution in [3.63, 3.8) is 0 Å². The molecule has 2 aliphatic rings. The Balaban J connectivity index is 1.85. The molecule has 0 radical (unpaired) electrons. The van der Waals surface area contributed by atoms with Crippen molar-refractivity contribution in [2.75, 3.05) is 44.2 Å². The third-order valence-corrected chi connectivity index (χ3v) is 7.70. The molecule has 1 atom stereocenters. The Bertz CT molecular complexity index is 408. The van der Waals surface area contributed by atoms with E-state index in [2.05, 4.69) is 12.2 Å². The van der Waals surface area contributed by atoms with Crippen molar-refractivity contribution in [1.29, 1.82) is 0 Å². The first kappa shape index (κ1) is 17.5. The summed E-state index contributed by atoms with van der Waals surface area (Å²) in [7, 11) is -3.25. The summed E-state index contributed by atoms with van der Waals surface area (Å²) in [5.41, 5.74) is 0. The normalized spacial score (nSPS) is 27.0. The summed E-state index contributed by atoms with van der Waals surface area (Å²) in [5, 5.41) is 3.45. The molecule has 2 fully saturated rings. The largest absolute Gasteiger partial charge is 0.316 e. The van der Waals surface area contributed by atoms with Gasteiger partial charge in [-0.05, 0) is 45.2 Å². The van der Waals surface area contributed by atoms with Crippen LogP contribution in [0.4, 0.5) is 0 Å². The molecule has 0 aromatic rings. The van der Waals surface area contributed by atoms with E-state index < -0.39 is 10.2 Å². The third-order valence-electron chi connectivity index (χ3n) is 4.36. The summed E-state index contributed by atoms with van der Waals surface area (Å²) in [6.07, 6.45) is 3.11. The van der Waals surface area contributed by atoms with E-state index in [0.717, 1.165) is 43.9 Å². The molecule has 5 nitrogen and oxygen atoms in total. The molecule has 1 N–H and O–H groups in total. The Morgan fingerprint density at radius 1 is 1.24 bits per heavy atom. The van der Waals surface area contributed by atoms with Gasteiger partial charge in [0.15, 0.2) is 0 Å². The Kier molecular flexibility index (Phi) is 6.80. The number of hydrogen-bond donors (Lipinski definition) is 1. The minimum absolute atomic E-state index is 0.123. The average Bonchev–Trinajstić information content (AvgIpc) is 2.48. The van der Waals surface area contributed by atoms with Crippen LogP contribution >= 0.6 is 11.8 Å². The molecule has 0 aliphatic carbocycles. The van der Waals surface area contributed by atoms with Crippen LogP contribution < -0.4 is 5.32 Å². The Morgan fingerprint density at radius 2 is 1.95 bits per heavy atom. The van der Waals surface area contributed by atoms with Gasteiger partial charge in [-0.1, -0.05) is 6.92 Å². The summed E-state index contributed by atoms with van der Waals surface area (Å²) >= 11 is 1.85. The van der Waals surface area contributed by atoms with Gasteiger partial charge in [0.25, 0.3) is 10.2 Å². The molecule has 2 rings (SSSR count). The second-order valence-corrected chi connectivity index (χ2v) is 9.12. The highest BCUT2D eigenvalue weighted by Gasteiger charge is 2.36. The van der Waals surface area contributed by atoms with Crippen molar-refractivity contribution in [3.05, 3.63) is 0 Å². The molecule has 2 saturated heterocycles. The van der Waals surface area contributed by atoms with Crippen LogP contribution in [0, 0.1) is 5.92 Å². The third kappa shape index (κ3) is 4.58. The van der Waals surface area contributed by atoms with E-state index >= 15 is 0 Å². The van der Waals surface area contributed by atoms with Gasteiger partial charge in [0.2, 0.25) is 0 Å². The highest BCUT2D eigenvalue weighted by molar-refractivity contribution is 7.99. The zero-order valence-corrected chi connectivity index (χ0v) is 14.9. The van der Waals surface area contributed by atoms with Gasteiger partial charge < -0.3 is 5.32 Å². The van der Waals surface area contributed by atoms with Crippen LogP contribution in [0.25, 0.3) is 0 Å². The molecule has 7 heteroatoms. The Labute approximate surface area is 134 Å². The minimum atomic E-state index is -3.25. The number of rotatable bonds is 6. The van der Waals surface area contributed by atoms with Gasteiger partial charge in [0.1, 0.15) is 0 Å². The van der Waals surface area contributed by atoms with Gasteiger partial charge in [-0.3, -0.25) is 0 Å².